The fraction of sp³-hybridized carbons (Fsp3) is 0.379. The molecule has 1 aromatic carbocycles. The molecule has 0 amide bonds. The lowest BCUT2D eigenvalue weighted by atomic mass is 9.91. The van der Waals surface area contributed by atoms with E-state index in [9.17, 15) is 9.18 Å². The highest BCUT2D eigenvalue weighted by Crippen LogP contribution is 2.45. The lowest BCUT2D eigenvalue weighted by Gasteiger charge is -2.17. The number of ether oxygens (including phenoxy) is 3. The van der Waals surface area contributed by atoms with Crippen molar-refractivity contribution in [1.82, 2.24) is 15.0 Å². The molecule has 3 aromatic rings. The quantitative estimate of drug-likeness (QED) is 0.290. The second kappa shape index (κ2) is 12.0. The van der Waals surface area contributed by atoms with Gasteiger partial charge in [-0.25, -0.2) is 14.4 Å². The van der Waals surface area contributed by atoms with Crippen LogP contribution < -0.4 is 9.47 Å². The standard InChI is InChI=1S/C29H32FN3O4/c1-5-36-28(34)14-23(19-9-10-19)20-7-6-8-22(12-20)37-17-21-15-32-29(26(33-21)11-18(2)3)24-13-27(35-4)31-16-25(24)30/h6-8,11-13,15-16,19,23H,5,9-10,14,17H2,1-4H3/t23-/m0/s1. The van der Waals surface area contributed by atoms with Crippen LogP contribution in [-0.2, 0) is 16.1 Å². The first-order chi connectivity index (χ1) is 17.9. The van der Waals surface area contributed by atoms with Gasteiger partial charge in [-0.1, -0.05) is 17.7 Å². The Balaban J connectivity index is 1.54. The first kappa shape index (κ1) is 26.3. The van der Waals surface area contributed by atoms with E-state index in [4.69, 9.17) is 19.2 Å². The number of allylic oxidation sites excluding steroid dienone is 1. The van der Waals surface area contributed by atoms with Crippen LogP contribution in [0.3, 0.4) is 0 Å². The molecule has 37 heavy (non-hydrogen) atoms. The Morgan fingerprint density at radius 2 is 2.00 bits per heavy atom. The number of carbonyl (C=O) groups is 1. The summed E-state index contributed by atoms with van der Waals surface area (Å²) in [5.74, 6) is 0.922. The van der Waals surface area contributed by atoms with Crippen LogP contribution in [-0.4, -0.2) is 34.6 Å². The monoisotopic (exact) mass is 505 g/mol. The molecule has 0 bridgehead atoms. The molecule has 8 heteroatoms. The minimum atomic E-state index is -0.507. The Morgan fingerprint density at radius 1 is 1.19 bits per heavy atom. The molecule has 1 saturated carbocycles. The van der Waals surface area contributed by atoms with Crippen LogP contribution in [0.25, 0.3) is 17.3 Å². The first-order valence-electron chi connectivity index (χ1n) is 12.5. The van der Waals surface area contributed by atoms with Crippen molar-refractivity contribution in [1.29, 1.82) is 0 Å². The zero-order chi connectivity index (χ0) is 26.4. The van der Waals surface area contributed by atoms with Gasteiger partial charge < -0.3 is 14.2 Å². The van der Waals surface area contributed by atoms with Crippen LogP contribution in [0.15, 0.2) is 48.3 Å². The summed E-state index contributed by atoms with van der Waals surface area (Å²) in [6, 6.07) is 9.35. The number of esters is 1. The predicted octanol–water partition coefficient (Wildman–Crippen LogP) is 6.14. The van der Waals surface area contributed by atoms with Crippen molar-refractivity contribution in [2.24, 2.45) is 5.92 Å². The van der Waals surface area contributed by atoms with Crippen LogP contribution in [0.4, 0.5) is 4.39 Å². The molecule has 194 valence electrons. The highest BCUT2D eigenvalue weighted by atomic mass is 19.1. The number of carbonyl (C=O) groups excluding carboxylic acids is 1. The third-order valence-electron chi connectivity index (χ3n) is 6.13. The average molecular weight is 506 g/mol. The van der Waals surface area contributed by atoms with Gasteiger partial charge in [0.25, 0.3) is 0 Å². The van der Waals surface area contributed by atoms with Crippen molar-refractivity contribution in [2.75, 3.05) is 13.7 Å². The molecule has 4 rings (SSSR count). The van der Waals surface area contributed by atoms with E-state index in [1.807, 2.05) is 51.1 Å². The second-order valence-corrected chi connectivity index (χ2v) is 9.34. The molecule has 0 spiro atoms. The van der Waals surface area contributed by atoms with Gasteiger partial charge in [-0.2, -0.15) is 0 Å². The number of nitrogens with zero attached hydrogens (tertiary/aromatic N) is 3. The fourth-order valence-corrected chi connectivity index (χ4v) is 4.25. The molecule has 0 radical (unpaired) electrons. The molecule has 2 aromatic heterocycles. The van der Waals surface area contributed by atoms with Crippen LogP contribution in [0.5, 0.6) is 11.6 Å². The van der Waals surface area contributed by atoms with Crippen molar-refractivity contribution >= 4 is 12.0 Å². The summed E-state index contributed by atoms with van der Waals surface area (Å²) in [6.07, 6.45) is 7.17. The minimum Gasteiger partial charge on any atom is -0.487 e. The second-order valence-electron chi connectivity index (χ2n) is 9.34. The van der Waals surface area contributed by atoms with Crippen LogP contribution in [0.2, 0.25) is 0 Å². The predicted molar refractivity (Wildman–Crippen MR) is 139 cm³/mol. The van der Waals surface area contributed by atoms with Gasteiger partial charge in [0, 0.05) is 11.6 Å². The van der Waals surface area contributed by atoms with E-state index in [1.165, 1.54) is 13.2 Å². The van der Waals surface area contributed by atoms with Crippen molar-refractivity contribution in [3.8, 4) is 22.9 Å². The molecule has 0 unspecified atom stereocenters. The molecule has 0 aliphatic heterocycles. The lowest BCUT2D eigenvalue weighted by Crippen LogP contribution is -2.12. The van der Waals surface area contributed by atoms with E-state index in [0.717, 1.165) is 30.2 Å². The number of halogens is 1. The smallest absolute Gasteiger partial charge is 0.306 e. The van der Waals surface area contributed by atoms with Gasteiger partial charge in [-0.05, 0) is 69.2 Å². The molecule has 7 nitrogen and oxygen atoms in total. The summed E-state index contributed by atoms with van der Waals surface area (Å²) in [5, 5.41) is 0. The molecule has 0 saturated heterocycles. The summed E-state index contributed by atoms with van der Waals surface area (Å²) < 4.78 is 31.0. The van der Waals surface area contributed by atoms with Crippen LogP contribution in [0.1, 0.15) is 62.9 Å². The van der Waals surface area contributed by atoms with Gasteiger partial charge >= 0.3 is 5.97 Å². The van der Waals surface area contributed by atoms with Gasteiger partial charge in [-0.15, -0.1) is 0 Å². The SMILES string of the molecule is CCOC(=O)C[C@H](c1cccc(OCc2cnc(-c3cc(OC)ncc3F)c(C=C(C)C)n2)c1)C1CC1. The van der Waals surface area contributed by atoms with Crippen LogP contribution in [0, 0.1) is 11.7 Å². The van der Waals surface area contributed by atoms with Gasteiger partial charge in [0.1, 0.15) is 12.4 Å². The highest BCUT2D eigenvalue weighted by Gasteiger charge is 2.34. The molecular weight excluding hydrogens is 473 g/mol. The maximum atomic E-state index is 14.6. The van der Waals surface area contributed by atoms with Crippen molar-refractivity contribution in [3.05, 3.63) is 71.1 Å². The third kappa shape index (κ3) is 6.90. The third-order valence-corrected chi connectivity index (χ3v) is 6.13. The maximum absolute atomic E-state index is 14.6. The van der Waals surface area contributed by atoms with E-state index in [2.05, 4.69) is 9.97 Å². The maximum Gasteiger partial charge on any atom is 0.306 e. The Hall–Kier alpha value is -3.81. The number of hydrogen-bond acceptors (Lipinski definition) is 7. The zero-order valence-electron chi connectivity index (χ0n) is 21.7. The van der Waals surface area contributed by atoms with E-state index >= 15 is 0 Å². The van der Waals surface area contributed by atoms with E-state index in [-0.39, 0.29) is 24.1 Å². The van der Waals surface area contributed by atoms with Gasteiger partial charge in [0.15, 0.2) is 5.82 Å². The van der Waals surface area contributed by atoms with Gasteiger partial charge in [0.2, 0.25) is 5.88 Å². The lowest BCUT2D eigenvalue weighted by molar-refractivity contribution is -0.143. The fourth-order valence-electron chi connectivity index (χ4n) is 4.25. The Kier molecular flexibility index (Phi) is 8.48. The van der Waals surface area contributed by atoms with E-state index in [1.54, 1.807) is 6.20 Å². The summed E-state index contributed by atoms with van der Waals surface area (Å²) in [7, 11) is 1.48. The highest BCUT2D eigenvalue weighted by molar-refractivity contribution is 5.71. The number of pyridine rings is 1. The molecule has 1 fully saturated rings. The Morgan fingerprint density at radius 3 is 2.70 bits per heavy atom. The topological polar surface area (TPSA) is 83.4 Å². The van der Waals surface area contributed by atoms with Gasteiger partial charge in [0.05, 0.1) is 49.6 Å². The van der Waals surface area contributed by atoms with Crippen molar-refractivity contribution in [2.45, 2.75) is 52.6 Å². The van der Waals surface area contributed by atoms with Crippen LogP contribution >= 0.6 is 0 Å². The summed E-state index contributed by atoms with van der Waals surface area (Å²) in [4.78, 5) is 25.3. The number of benzene rings is 1. The largest absolute Gasteiger partial charge is 0.487 e. The summed E-state index contributed by atoms with van der Waals surface area (Å²) in [6.45, 7) is 6.28. The molecule has 1 aliphatic carbocycles. The Bertz CT molecular complexity index is 1290. The van der Waals surface area contributed by atoms with E-state index < -0.39 is 5.82 Å². The normalized spacial score (nSPS) is 13.5. The number of rotatable bonds is 11. The number of hydrogen-bond donors (Lipinski definition) is 0. The molecule has 1 atom stereocenters. The first-order valence-corrected chi connectivity index (χ1v) is 12.5. The van der Waals surface area contributed by atoms with Crippen molar-refractivity contribution in [3.63, 3.8) is 0 Å². The summed E-state index contributed by atoms with van der Waals surface area (Å²) >= 11 is 0. The molecule has 1 aliphatic rings. The molecule has 2 heterocycles. The Labute approximate surface area is 216 Å². The average Bonchev–Trinajstić information content (AvgIpc) is 3.72. The number of aromatic nitrogens is 3. The minimum absolute atomic E-state index is 0.123. The van der Waals surface area contributed by atoms with Gasteiger partial charge in [-0.3, -0.25) is 9.78 Å². The molecule has 0 N–H and O–H groups in total. The number of methoxy groups -OCH3 is 1. The summed E-state index contributed by atoms with van der Waals surface area (Å²) in [5.41, 5.74) is 3.87. The van der Waals surface area contributed by atoms with E-state index in [0.29, 0.717) is 47.7 Å². The molecular formula is C29H32FN3O4. The van der Waals surface area contributed by atoms with Crippen molar-refractivity contribution < 1.29 is 23.4 Å². The zero-order valence-corrected chi connectivity index (χ0v) is 21.7.